The summed E-state index contributed by atoms with van der Waals surface area (Å²) in [6, 6.07) is 5.89. The highest BCUT2D eigenvalue weighted by Crippen LogP contribution is 2.29. The molecule has 29 heavy (non-hydrogen) atoms. The van der Waals surface area contributed by atoms with Crippen molar-refractivity contribution in [3.05, 3.63) is 50.8 Å². The highest BCUT2D eigenvalue weighted by atomic mass is 16.5. The molecule has 3 atom stereocenters. The Balaban J connectivity index is 1.77. The third-order valence-electron chi connectivity index (χ3n) is 5.27. The average molecular weight is 400 g/mol. The number of aliphatic hydroxyl groups excluding tert-OH is 2. The molecule has 0 saturated carbocycles. The lowest BCUT2D eigenvalue weighted by Gasteiger charge is -2.18. The van der Waals surface area contributed by atoms with Gasteiger partial charge in [0, 0.05) is 12.6 Å². The number of aromatic nitrogens is 4. The summed E-state index contributed by atoms with van der Waals surface area (Å²) in [6.07, 6.45) is -0.951. The number of nitrogens with zero attached hydrogens (tertiary/aromatic N) is 2. The van der Waals surface area contributed by atoms with Gasteiger partial charge in [0.2, 0.25) is 0 Å². The number of hydrogen-bond donors (Lipinski definition) is 4. The van der Waals surface area contributed by atoms with Gasteiger partial charge in [-0.25, -0.2) is 9.78 Å². The number of hydrogen-bond acceptors (Lipinski definition) is 6. The van der Waals surface area contributed by atoms with Gasteiger partial charge in [0.25, 0.3) is 5.56 Å². The Morgan fingerprint density at radius 1 is 1.28 bits per heavy atom. The standard InChI is InChI=1S/C20H24N4O5/c1-20(2,3)10-4-5-12-13(6-10)22-17(21-12)11-8-24(19(28)23-18(11)27)16-7-14(26)15(9-25)29-16/h4-6,8,14-16,25-26H,7,9H2,1-3H3,(H,21,22)(H,23,27,28). The van der Waals surface area contributed by atoms with Crippen LogP contribution in [0.3, 0.4) is 0 Å². The lowest BCUT2D eigenvalue weighted by atomic mass is 9.87. The van der Waals surface area contributed by atoms with Crippen LogP contribution in [0.4, 0.5) is 0 Å². The first-order chi connectivity index (χ1) is 13.7. The van der Waals surface area contributed by atoms with Crippen LogP contribution in [0.15, 0.2) is 34.0 Å². The van der Waals surface area contributed by atoms with Crippen LogP contribution in [0.25, 0.3) is 22.4 Å². The normalized spacial score (nSPS) is 22.4. The molecule has 3 aromatic rings. The summed E-state index contributed by atoms with van der Waals surface area (Å²) in [4.78, 5) is 34.7. The van der Waals surface area contributed by atoms with Crippen LogP contribution >= 0.6 is 0 Å². The number of ether oxygens (including phenoxy) is 1. The molecule has 3 unspecified atom stereocenters. The van der Waals surface area contributed by atoms with Gasteiger partial charge in [-0.2, -0.15) is 0 Å². The number of H-pyrrole nitrogens is 2. The molecule has 0 aliphatic carbocycles. The van der Waals surface area contributed by atoms with Crippen LogP contribution in [0.5, 0.6) is 0 Å². The summed E-state index contributed by atoms with van der Waals surface area (Å²) in [6.45, 7) is 5.98. The molecule has 1 aromatic carbocycles. The maximum atomic E-state index is 12.4. The van der Waals surface area contributed by atoms with E-state index in [-0.39, 0.29) is 24.0 Å². The second kappa shape index (κ2) is 6.94. The van der Waals surface area contributed by atoms with Gasteiger partial charge in [-0.15, -0.1) is 0 Å². The van der Waals surface area contributed by atoms with Crippen LogP contribution in [0.1, 0.15) is 39.0 Å². The summed E-state index contributed by atoms with van der Waals surface area (Å²) >= 11 is 0. The second-order valence-electron chi connectivity index (χ2n) is 8.39. The van der Waals surface area contributed by atoms with Crippen molar-refractivity contribution in [1.29, 1.82) is 0 Å². The van der Waals surface area contributed by atoms with Gasteiger partial charge in [-0.3, -0.25) is 14.3 Å². The molecule has 154 valence electrons. The minimum atomic E-state index is -0.894. The predicted octanol–water partition coefficient (Wildman–Crippen LogP) is 1.02. The van der Waals surface area contributed by atoms with Crippen LogP contribution in [-0.4, -0.2) is 48.5 Å². The third kappa shape index (κ3) is 3.52. The van der Waals surface area contributed by atoms with E-state index in [1.807, 2.05) is 18.2 Å². The molecule has 3 heterocycles. The fourth-order valence-electron chi connectivity index (χ4n) is 3.52. The Bertz CT molecular complexity index is 1170. The smallest absolute Gasteiger partial charge is 0.330 e. The summed E-state index contributed by atoms with van der Waals surface area (Å²) < 4.78 is 6.75. The number of nitrogens with one attached hydrogen (secondary N) is 2. The number of rotatable bonds is 3. The van der Waals surface area contributed by atoms with E-state index in [0.29, 0.717) is 11.3 Å². The topological polar surface area (TPSA) is 133 Å². The molecule has 0 spiro atoms. The molecule has 9 nitrogen and oxygen atoms in total. The zero-order valence-electron chi connectivity index (χ0n) is 16.5. The Hall–Kier alpha value is -2.75. The van der Waals surface area contributed by atoms with E-state index in [0.717, 1.165) is 11.1 Å². The maximum absolute atomic E-state index is 12.4. The summed E-state index contributed by atoms with van der Waals surface area (Å²) in [5.41, 5.74) is 1.55. The molecule has 4 rings (SSSR count). The fraction of sp³-hybridized carbons (Fsp3) is 0.450. The van der Waals surface area contributed by atoms with Crippen molar-refractivity contribution in [2.45, 2.75) is 51.0 Å². The van der Waals surface area contributed by atoms with E-state index in [4.69, 9.17) is 4.74 Å². The van der Waals surface area contributed by atoms with Gasteiger partial charge in [0.05, 0.1) is 29.3 Å². The van der Waals surface area contributed by atoms with Crippen LogP contribution in [-0.2, 0) is 10.2 Å². The summed E-state index contributed by atoms with van der Waals surface area (Å²) in [7, 11) is 0. The molecular weight excluding hydrogens is 376 g/mol. The number of aliphatic hydroxyl groups is 2. The first-order valence-corrected chi connectivity index (χ1v) is 9.48. The zero-order chi connectivity index (χ0) is 20.9. The van der Waals surface area contributed by atoms with Crippen LogP contribution in [0.2, 0.25) is 0 Å². The number of aromatic amines is 2. The lowest BCUT2D eigenvalue weighted by molar-refractivity contribution is -0.0458. The van der Waals surface area contributed by atoms with Crippen molar-refractivity contribution in [2.75, 3.05) is 6.61 Å². The fourth-order valence-corrected chi connectivity index (χ4v) is 3.52. The van der Waals surface area contributed by atoms with Crippen molar-refractivity contribution in [3.63, 3.8) is 0 Å². The molecule has 1 aliphatic rings. The van der Waals surface area contributed by atoms with Crippen molar-refractivity contribution in [3.8, 4) is 11.4 Å². The van der Waals surface area contributed by atoms with Crippen molar-refractivity contribution in [1.82, 2.24) is 19.5 Å². The van der Waals surface area contributed by atoms with Gasteiger partial charge in [-0.05, 0) is 23.1 Å². The molecule has 0 amide bonds. The molecule has 0 bridgehead atoms. The van der Waals surface area contributed by atoms with E-state index in [9.17, 15) is 19.8 Å². The SMILES string of the molecule is CC(C)(C)c1ccc2nc(-c3cn(C4CC(O)C(CO)O4)c(=O)[nH]c3=O)[nH]c2c1. The van der Waals surface area contributed by atoms with Crippen LogP contribution < -0.4 is 11.2 Å². The average Bonchev–Trinajstić information content (AvgIpc) is 3.23. The minimum Gasteiger partial charge on any atom is -0.394 e. The first kappa shape index (κ1) is 19.6. The molecule has 0 radical (unpaired) electrons. The van der Waals surface area contributed by atoms with Gasteiger partial charge in [0.15, 0.2) is 0 Å². The predicted molar refractivity (Wildman–Crippen MR) is 107 cm³/mol. The number of benzene rings is 1. The molecule has 2 aromatic heterocycles. The van der Waals surface area contributed by atoms with Crippen molar-refractivity contribution < 1.29 is 14.9 Å². The number of imidazole rings is 1. The molecule has 1 fully saturated rings. The molecular formula is C20H24N4O5. The lowest BCUT2D eigenvalue weighted by Crippen LogP contribution is -2.33. The Morgan fingerprint density at radius 2 is 2.03 bits per heavy atom. The van der Waals surface area contributed by atoms with Gasteiger partial charge < -0.3 is 19.9 Å². The van der Waals surface area contributed by atoms with Crippen LogP contribution in [0, 0.1) is 0 Å². The highest BCUT2D eigenvalue weighted by Gasteiger charge is 2.35. The summed E-state index contributed by atoms with van der Waals surface area (Å²) in [5, 5.41) is 19.2. The molecule has 4 N–H and O–H groups in total. The molecule has 1 saturated heterocycles. The Kier molecular flexibility index (Phi) is 4.68. The van der Waals surface area contributed by atoms with E-state index >= 15 is 0 Å². The zero-order valence-corrected chi connectivity index (χ0v) is 16.5. The number of fused-ring (bicyclic) bond motifs is 1. The Morgan fingerprint density at radius 3 is 2.69 bits per heavy atom. The van der Waals surface area contributed by atoms with Gasteiger partial charge >= 0.3 is 5.69 Å². The maximum Gasteiger partial charge on any atom is 0.330 e. The largest absolute Gasteiger partial charge is 0.394 e. The van der Waals surface area contributed by atoms with E-state index in [1.165, 1.54) is 10.8 Å². The quantitative estimate of drug-likeness (QED) is 0.519. The monoisotopic (exact) mass is 400 g/mol. The molecule has 1 aliphatic heterocycles. The van der Waals surface area contributed by atoms with E-state index < -0.39 is 29.7 Å². The third-order valence-corrected chi connectivity index (χ3v) is 5.27. The van der Waals surface area contributed by atoms with Crippen molar-refractivity contribution in [2.24, 2.45) is 0 Å². The second-order valence-corrected chi connectivity index (χ2v) is 8.39. The highest BCUT2D eigenvalue weighted by molar-refractivity contribution is 5.80. The van der Waals surface area contributed by atoms with E-state index in [2.05, 4.69) is 35.7 Å². The summed E-state index contributed by atoms with van der Waals surface area (Å²) in [5.74, 6) is 0.332. The molecule has 9 heteroatoms. The Labute approximate surface area is 166 Å². The van der Waals surface area contributed by atoms with E-state index in [1.54, 1.807) is 0 Å². The van der Waals surface area contributed by atoms with Gasteiger partial charge in [0.1, 0.15) is 18.2 Å². The van der Waals surface area contributed by atoms with Crippen molar-refractivity contribution >= 4 is 11.0 Å². The first-order valence-electron chi connectivity index (χ1n) is 9.48. The minimum absolute atomic E-state index is 0.0337. The van der Waals surface area contributed by atoms with Gasteiger partial charge in [-0.1, -0.05) is 26.8 Å².